The molecular weight excluding hydrogens is 416 g/mol. The number of ether oxygens (including phenoxy) is 1. The van der Waals surface area contributed by atoms with Crippen LogP contribution < -0.4 is 4.74 Å². The summed E-state index contributed by atoms with van der Waals surface area (Å²) in [5, 5.41) is 8.86. The summed E-state index contributed by atoms with van der Waals surface area (Å²) in [6, 6.07) is 17.8. The molecule has 2 aromatic carbocycles. The second kappa shape index (κ2) is 10.1. The first kappa shape index (κ1) is 22.3. The van der Waals surface area contributed by atoms with Gasteiger partial charge in [0.15, 0.2) is 0 Å². The molecule has 0 spiro atoms. The molecule has 4 aromatic rings. The van der Waals surface area contributed by atoms with Crippen molar-refractivity contribution < 1.29 is 19.1 Å². The van der Waals surface area contributed by atoms with Crippen LogP contribution in [0.2, 0.25) is 0 Å². The fourth-order valence-electron chi connectivity index (χ4n) is 3.68. The van der Waals surface area contributed by atoms with Crippen molar-refractivity contribution in [2.24, 2.45) is 0 Å². The number of aliphatic carboxylic acids is 1. The maximum Gasteiger partial charge on any atom is 0.303 e. The Labute approximate surface area is 192 Å². The lowest BCUT2D eigenvalue weighted by Crippen LogP contribution is -2.04. The fraction of sp³-hybridized carbons (Fsp3) is 0.222. The summed E-state index contributed by atoms with van der Waals surface area (Å²) in [6.45, 7) is 4.36. The van der Waals surface area contributed by atoms with Crippen molar-refractivity contribution in [3.05, 3.63) is 89.6 Å². The van der Waals surface area contributed by atoms with E-state index in [1.165, 1.54) is 0 Å². The summed E-state index contributed by atoms with van der Waals surface area (Å²) >= 11 is 0. The predicted molar refractivity (Wildman–Crippen MR) is 126 cm³/mol. The van der Waals surface area contributed by atoms with Gasteiger partial charge in [-0.05, 0) is 78.9 Å². The molecular formula is C27H26N2O4. The zero-order chi connectivity index (χ0) is 23.2. The monoisotopic (exact) mass is 442 g/mol. The molecule has 0 amide bonds. The van der Waals surface area contributed by atoms with Gasteiger partial charge in [-0.15, -0.1) is 0 Å². The van der Waals surface area contributed by atoms with Gasteiger partial charge in [0.2, 0.25) is 5.89 Å². The molecule has 0 saturated heterocycles. The first-order valence-electron chi connectivity index (χ1n) is 10.9. The molecule has 0 atom stereocenters. The molecule has 0 aliphatic carbocycles. The summed E-state index contributed by atoms with van der Waals surface area (Å²) in [5.41, 5.74) is 6.08. The summed E-state index contributed by atoms with van der Waals surface area (Å²) in [7, 11) is 0. The highest BCUT2D eigenvalue weighted by Gasteiger charge is 2.12. The van der Waals surface area contributed by atoms with Crippen molar-refractivity contribution in [2.75, 3.05) is 6.61 Å². The average molecular weight is 443 g/mol. The van der Waals surface area contributed by atoms with Crippen molar-refractivity contribution in [1.29, 1.82) is 0 Å². The van der Waals surface area contributed by atoms with Crippen molar-refractivity contribution >= 4 is 5.97 Å². The minimum Gasteiger partial charge on any atom is -0.493 e. The number of carboxylic acid groups (broad SMARTS) is 1. The minimum absolute atomic E-state index is 0.126. The average Bonchev–Trinajstić information content (AvgIpc) is 3.19. The van der Waals surface area contributed by atoms with Crippen LogP contribution in [0.1, 0.15) is 29.0 Å². The van der Waals surface area contributed by atoms with Crippen molar-refractivity contribution in [2.45, 2.75) is 33.1 Å². The smallest absolute Gasteiger partial charge is 0.303 e. The molecule has 0 aliphatic heterocycles. The van der Waals surface area contributed by atoms with Gasteiger partial charge < -0.3 is 14.3 Å². The zero-order valence-corrected chi connectivity index (χ0v) is 18.7. The van der Waals surface area contributed by atoms with Gasteiger partial charge in [-0.25, -0.2) is 4.98 Å². The number of hydrogen-bond donors (Lipinski definition) is 1. The molecule has 1 N–H and O–H groups in total. The van der Waals surface area contributed by atoms with Gasteiger partial charge in [0.1, 0.15) is 11.5 Å². The van der Waals surface area contributed by atoms with Crippen molar-refractivity contribution in [1.82, 2.24) is 9.97 Å². The molecule has 0 bridgehead atoms. The van der Waals surface area contributed by atoms with Gasteiger partial charge in [-0.1, -0.05) is 18.2 Å². The summed E-state index contributed by atoms with van der Waals surface area (Å²) in [5.74, 6) is 1.36. The molecule has 2 aromatic heterocycles. The predicted octanol–water partition coefficient (Wildman–Crippen LogP) is 5.66. The largest absolute Gasteiger partial charge is 0.493 e. The number of pyridine rings is 1. The lowest BCUT2D eigenvalue weighted by Gasteiger charge is -2.09. The highest BCUT2D eigenvalue weighted by atomic mass is 16.5. The second-order valence-corrected chi connectivity index (χ2v) is 7.92. The van der Waals surface area contributed by atoms with Crippen LogP contribution in [0.4, 0.5) is 0 Å². The third kappa shape index (κ3) is 5.66. The number of carboxylic acids is 1. The van der Waals surface area contributed by atoms with Gasteiger partial charge in [0.25, 0.3) is 0 Å². The van der Waals surface area contributed by atoms with Gasteiger partial charge in [0.05, 0.1) is 12.3 Å². The molecule has 2 heterocycles. The van der Waals surface area contributed by atoms with E-state index in [4.69, 9.17) is 14.3 Å². The van der Waals surface area contributed by atoms with E-state index in [0.29, 0.717) is 25.3 Å². The number of hydrogen-bond acceptors (Lipinski definition) is 5. The Bertz CT molecular complexity index is 1230. The molecule has 168 valence electrons. The van der Waals surface area contributed by atoms with E-state index >= 15 is 0 Å². The standard InChI is InChI=1S/C27H26N2O4/c1-18-17-24(9-7-20(18)8-10-26(30)31)32-16-13-25-19(2)33-27(29-25)23-5-3-21(4-6-23)22-11-14-28-15-12-22/h3-7,9,11-12,14-15,17H,8,10,13,16H2,1-2H3,(H,30,31). The van der Waals surface area contributed by atoms with Crippen LogP contribution in [-0.2, 0) is 17.6 Å². The van der Waals surface area contributed by atoms with Crippen LogP contribution in [0.3, 0.4) is 0 Å². The molecule has 0 radical (unpaired) electrons. The van der Waals surface area contributed by atoms with E-state index in [0.717, 1.165) is 45.0 Å². The van der Waals surface area contributed by atoms with Crippen molar-refractivity contribution in [3.8, 4) is 28.3 Å². The number of rotatable bonds is 9. The highest BCUT2D eigenvalue weighted by Crippen LogP contribution is 2.26. The third-order valence-corrected chi connectivity index (χ3v) is 5.57. The summed E-state index contributed by atoms with van der Waals surface area (Å²) in [4.78, 5) is 19.5. The molecule has 0 saturated carbocycles. The van der Waals surface area contributed by atoms with Gasteiger partial charge in [-0.2, -0.15) is 0 Å². The normalized spacial score (nSPS) is 10.8. The summed E-state index contributed by atoms with van der Waals surface area (Å²) < 4.78 is 11.8. The lowest BCUT2D eigenvalue weighted by molar-refractivity contribution is -0.136. The van der Waals surface area contributed by atoms with Crippen LogP contribution in [0.25, 0.3) is 22.6 Å². The van der Waals surface area contributed by atoms with Crippen LogP contribution in [0, 0.1) is 13.8 Å². The number of aryl methyl sites for hydroxylation is 3. The number of carbonyl (C=O) groups is 1. The third-order valence-electron chi connectivity index (χ3n) is 5.57. The number of nitrogens with zero attached hydrogens (tertiary/aromatic N) is 2. The quantitative estimate of drug-likeness (QED) is 0.360. The van der Waals surface area contributed by atoms with Gasteiger partial charge in [0, 0.05) is 30.8 Å². The first-order valence-corrected chi connectivity index (χ1v) is 10.9. The Kier molecular flexibility index (Phi) is 6.83. The van der Waals surface area contributed by atoms with Crippen molar-refractivity contribution in [3.63, 3.8) is 0 Å². The summed E-state index contributed by atoms with van der Waals surface area (Å²) in [6.07, 6.45) is 4.84. The Hall–Kier alpha value is -3.93. The van der Waals surface area contributed by atoms with Crippen LogP contribution in [-0.4, -0.2) is 27.7 Å². The number of aromatic nitrogens is 2. The molecule has 4 rings (SSSR count). The Balaban J connectivity index is 1.36. The van der Waals surface area contributed by atoms with Crippen LogP contribution in [0.15, 0.2) is 71.4 Å². The van der Waals surface area contributed by atoms with E-state index < -0.39 is 5.97 Å². The van der Waals surface area contributed by atoms with E-state index in [9.17, 15) is 4.79 Å². The van der Waals surface area contributed by atoms with Crippen LogP contribution in [0.5, 0.6) is 5.75 Å². The second-order valence-electron chi connectivity index (χ2n) is 7.92. The van der Waals surface area contributed by atoms with Gasteiger partial charge in [-0.3, -0.25) is 9.78 Å². The van der Waals surface area contributed by atoms with E-state index in [1.807, 2.05) is 56.3 Å². The zero-order valence-electron chi connectivity index (χ0n) is 18.7. The van der Waals surface area contributed by atoms with Crippen LogP contribution >= 0.6 is 0 Å². The molecule has 0 unspecified atom stereocenters. The fourth-order valence-corrected chi connectivity index (χ4v) is 3.68. The molecule has 6 heteroatoms. The van der Waals surface area contributed by atoms with E-state index in [-0.39, 0.29) is 6.42 Å². The SMILES string of the molecule is Cc1cc(OCCc2nc(-c3ccc(-c4ccncc4)cc3)oc2C)ccc1CCC(=O)O. The minimum atomic E-state index is -0.790. The highest BCUT2D eigenvalue weighted by molar-refractivity contribution is 5.67. The number of benzene rings is 2. The molecule has 33 heavy (non-hydrogen) atoms. The Morgan fingerprint density at radius 1 is 0.939 bits per heavy atom. The topological polar surface area (TPSA) is 85.5 Å². The molecule has 6 nitrogen and oxygen atoms in total. The van der Waals surface area contributed by atoms with E-state index in [1.54, 1.807) is 12.4 Å². The van der Waals surface area contributed by atoms with E-state index in [2.05, 4.69) is 22.1 Å². The number of oxazole rings is 1. The maximum absolute atomic E-state index is 10.8. The Morgan fingerprint density at radius 3 is 2.33 bits per heavy atom. The Morgan fingerprint density at radius 2 is 1.64 bits per heavy atom. The van der Waals surface area contributed by atoms with Gasteiger partial charge >= 0.3 is 5.97 Å². The molecule has 0 aliphatic rings. The lowest BCUT2D eigenvalue weighted by atomic mass is 10.0. The first-order chi connectivity index (χ1) is 16.0. The molecule has 0 fully saturated rings. The maximum atomic E-state index is 10.8.